The van der Waals surface area contributed by atoms with Crippen molar-refractivity contribution < 1.29 is 9.53 Å². The lowest BCUT2D eigenvalue weighted by Gasteiger charge is -2.16. The fourth-order valence-electron chi connectivity index (χ4n) is 3.54. The van der Waals surface area contributed by atoms with E-state index < -0.39 is 0 Å². The Balaban J connectivity index is 4.00. The van der Waals surface area contributed by atoms with E-state index in [-0.39, 0.29) is 11.9 Å². The van der Waals surface area contributed by atoms with Crippen LogP contribution in [0.25, 0.3) is 0 Å². The molecule has 0 amide bonds. The van der Waals surface area contributed by atoms with Crippen LogP contribution in [0.1, 0.15) is 136 Å². The molecule has 0 spiro atoms. The number of rotatable bonds is 20. The molecule has 2 nitrogen and oxygen atoms in total. The molecule has 2 heteroatoms. The van der Waals surface area contributed by atoms with E-state index in [1.54, 1.807) is 0 Å². The largest absolute Gasteiger partial charge is 0.465 e. The first-order valence-corrected chi connectivity index (χ1v) is 11.9. The van der Waals surface area contributed by atoms with Gasteiger partial charge in [0, 0.05) is 0 Å². The highest BCUT2D eigenvalue weighted by Gasteiger charge is 2.19. The Hall–Kier alpha value is -0.530. The lowest BCUT2D eigenvalue weighted by atomic mass is 9.94. The first kappa shape index (κ1) is 25.5. The number of carbonyl (C=O) groups excluding carboxylic acids is 1. The van der Waals surface area contributed by atoms with Crippen LogP contribution < -0.4 is 0 Å². The van der Waals surface area contributed by atoms with Gasteiger partial charge in [-0.3, -0.25) is 4.79 Å². The van der Waals surface area contributed by atoms with Crippen LogP contribution in [0.5, 0.6) is 0 Å². The average molecular weight is 369 g/mol. The minimum atomic E-state index is 0.0875. The smallest absolute Gasteiger partial charge is 0.308 e. The quantitative estimate of drug-likeness (QED) is 0.160. The van der Waals surface area contributed by atoms with Crippen molar-refractivity contribution in [3.8, 4) is 0 Å². The summed E-state index contributed by atoms with van der Waals surface area (Å²) in [5.74, 6) is 0.239. The van der Waals surface area contributed by atoms with Gasteiger partial charge in [0.1, 0.15) is 0 Å². The Morgan fingerprint density at radius 2 is 0.962 bits per heavy atom. The molecule has 1 unspecified atom stereocenters. The summed E-state index contributed by atoms with van der Waals surface area (Å²) in [5.41, 5.74) is 0. The van der Waals surface area contributed by atoms with Gasteiger partial charge in [-0.05, 0) is 19.3 Å². The number of hydrogen-bond acceptors (Lipinski definition) is 2. The van der Waals surface area contributed by atoms with Crippen molar-refractivity contribution in [1.82, 2.24) is 0 Å². The van der Waals surface area contributed by atoms with Crippen LogP contribution in [0.4, 0.5) is 0 Å². The summed E-state index contributed by atoms with van der Waals surface area (Å²) >= 11 is 0. The summed E-state index contributed by atoms with van der Waals surface area (Å²) in [4.78, 5) is 12.5. The first-order chi connectivity index (χ1) is 12.8. The van der Waals surface area contributed by atoms with Crippen molar-refractivity contribution in [2.75, 3.05) is 6.61 Å². The highest BCUT2D eigenvalue weighted by Crippen LogP contribution is 2.21. The summed E-state index contributed by atoms with van der Waals surface area (Å²) < 4.78 is 5.62. The van der Waals surface area contributed by atoms with Crippen LogP contribution in [-0.2, 0) is 9.53 Å². The van der Waals surface area contributed by atoms with E-state index in [4.69, 9.17) is 4.74 Å². The Bertz CT molecular complexity index is 288. The molecule has 0 aromatic carbocycles. The highest BCUT2D eigenvalue weighted by atomic mass is 16.5. The van der Waals surface area contributed by atoms with E-state index in [9.17, 15) is 4.79 Å². The second kappa shape index (κ2) is 20.8. The van der Waals surface area contributed by atoms with Crippen LogP contribution in [0.2, 0.25) is 0 Å². The molecule has 0 N–H and O–H groups in total. The monoisotopic (exact) mass is 368 g/mol. The molecule has 0 saturated carbocycles. The topological polar surface area (TPSA) is 26.3 Å². The van der Waals surface area contributed by atoms with Gasteiger partial charge >= 0.3 is 5.97 Å². The molecule has 0 bridgehead atoms. The van der Waals surface area contributed by atoms with Gasteiger partial charge in [0.15, 0.2) is 0 Å². The lowest BCUT2D eigenvalue weighted by Crippen LogP contribution is -2.18. The molecule has 0 aromatic rings. The van der Waals surface area contributed by atoms with Crippen LogP contribution >= 0.6 is 0 Å². The fraction of sp³-hybridized carbons (Fsp3) is 0.958. The van der Waals surface area contributed by atoms with Crippen molar-refractivity contribution in [3.05, 3.63) is 0 Å². The average Bonchev–Trinajstić information content (AvgIpc) is 2.65. The normalized spacial score (nSPS) is 12.3. The first-order valence-electron chi connectivity index (χ1n) is 11.9. The molecule has 0 aromatic heterocycles. The molecule has 26 heavy (non-hydrogen) atoms. The number of esters is 1. The van der Waals surface area contributed by atoms with Gasteiger partial charge in [-0.1, -0.05) is 117 Å². The van der Waals surface area contributed by atoms with E-state index in [0.717, 1.165) is 19.3 Å². The molecule has 0 aliphatic heterocycles. The molecule has 0 saturated heterocycles. The molecule has 156 valence electrons. The summed E-state index contributed by atoms with van der Waals surface area (Å²) in [7, 11) is 0. The van der Waals surface area contributed by atoms with E-state index in [1.165, 1.54) is 96.3 Å². The van der Waals surface area contributed by atoms with Crippen molar-refractivity contribution >= 4 is 5.97 Å². The predicted molar refractivity (Wildman–Crippen MR) is 115 cm³/mol. The number of carbonyl (C=O) groups is 1. The van der Waals surface area contributed by atoms with Gasteiger partial charge in [0.25, 0.3) is 0 Å². The number of hydrogen-bond donors (Lipinski definition) is 0. The zero-order valence-corrected chi connectivity index (χ0v) is 18.3. The van der Waals surface area contributed by atoms with E-state index >= 15 is 0 Å². The third kappa shape index (κ3) is 16.9. The molecule has 0 aliphatic rings. The zero-order chi connectivity index (χ0) is 19.3. The Kier molecular flexibility index (Phi) is 20.4. The van der Waals surface area contributed by atoms with Gasteiger partial charge in [-0.25, -0.2) is 0 Å². The second-order valence-electron chi connectivity index (χ2n) is 8.04. The molecule has 0 rings (SSSR count). The minimum absolute atomic E-state index is 0.0875. The molecular weight excluding hydrogens is 320 g/mol. The summed E-state index contributed by atoms with van der Waals surface area (Å²) in [6.45, 7) is 7.37. The molecule has 1 atom stereocenters. The van der Waals surface area contributed by atoms with Crippen molar-refractivity contribution in [2.24, 2.45) is 5.92 Å². The standard InChI is InChI=1S/C24H48O2/c1-4-7-10-13-15-18-21-23(20-17-14-11-8-5-2)24(25)26-22-19-16-12-9-6-3/h23H,4-22H2,1-3H3. The minimum Gasteiger partial charge on any atom is -0.465 e. The highest BCUT2D eigenvalue weighted by molar-refractivity contribution is 5.72. The molecule has 0 heterocycles. The predicted octanol–water partition coefficient (Wildman–Crippen LogP) is 8.23. The Morgan fingerprint density at radius 1 is 0.577 bits per heavy atom. The third-order valence-corrected chi connectivity index (χ3v) is 5.39. The van der Waals surface area contributed by atoms with Crippen LogP contribution in [-0.4, -0.2) is 12.6 Å². The maximum Gasteiger partial charge on any atom is 0.308 e. The van der Waals surface area contributed by atoms with Crippen molar-refractivity contribution in [1.29, 1.82) is 0 Å². The summed E-state index contributed by atoms with van der Waals surface area (Å²) in [6.07, 6.45) is 22.3. The number of ether oxygens (including phenoxy) is 1. The maximum absolute atomic E-state index is 12.5. The molecule has 0 fully saturated rings. The van der Waals surface area contributed by atoms with Gasteiger partial charge in [-0.2, -0.15) is 0 Å². The molecule has 0 aliphatic carbocycles. The maximum atomic E-state index is 12.5. The molecule has 0 radical (unpaired) electrons. The van der Waals surface area contributed by atoms with Crippen molar-refractivity contribution in [2.45, 2.75) is 136 Å². The Labute approximate surface area is 164 Å². The van der Waals surface area contributed by atoms with Crippen LogP contribution in [0.15, 0.2) is 0 Å². The number of unbranched alkanes of at least 4 members (excludes halogenated alkanes) is 13. The van der Waals surface area contributed by atoms with Gasteiger partial charge < -0.3 is 4.74 Å². The lowest BCUT2D eigenvalue weighted by molar-refractivity contribution is -0.149. The van der Waals surface area contributed by atoms with Gasteiger partial charge in [0.05, 0.1) is 12.5 Å². The van der Waals surface area contributed by atoms with Gasteiger partial charge in [-0.15, -0.1) is 0 Å². The van der Waals surface area contributed by atoms with E-state index in [1.807, 2.05) is 0 Å². The second-order valence-corrected chi connectivity index (χ2v) is 8.04. The van der Waals surface area contributed by atoms with E-state index in [2.05, 4.69) is 20.8 Å². The summed E-state index contributed by atoms with van der Waals surface area (Å²) in [6, 6.07) is 0. The van der Waals surface area contributed by atoms with Crippen LogP contribution in [0, 0.1) is 5.92 Å². The van der Waals surface area contributed by atoms with Crippen LogP contribution in [0.3, 0.4) is 0 Å². The van der Waals surface area contributed by atoms with Gasteiger partial charge in [0.2, 0.25) is 0 Å². The SMILES string of the molecule is CCCCCCCCC(CCCCCCC)C(=O)OCCCCCCC. The van der Waals surface area contributed by atoms with E-state index in [0.29, 0.717) is 6.61 Å². The summed E-state index contributed by atoms with van der Waals surface area (Å²) in [5, 5.41) is 0. The molecular formula is C24H48O2. The van der Waals surface area contributed by atoms with Crippen molar-refractivity contribution in [3.63, 3.8) is 0 Å². The zero-order valence-electron chi connectivity index (χ0n) is 18.3. The fourth-order valence-corrected chi connectivity index (χ4v) is 3.54. The Morgan fingerprint density at radius 3 is 1.42 bits per heavy atom. The third-order valence-electron chi connectivity index (χ3n) is 5.39.